The van der Waals surface area contributed by atoms with Gasteiger partial charge in [0.25, 0.3) is 5.69 Å². The Labute approximate surface area is 158 Å². The van der Waals surface area contributed by atoms with Crippen molar-refractivity contribution in [1.29, 1.82) is 0 Å². The van der Waals surface area contributed by atoms with Gasteiger partial charge in [0.1, 0.15) is 11.5 Å². The number of nitrogens with zero attached hydrogens (tertiary/aromatic N) is 3. The van der Waals surface area contributed by atoms with Crippen molar-refractivity contribution in [2.24, 2.45) is 5.10 Å². The summed E-state index contributed by atoms with van der Waals surface area (Å²) in [7, 11) is 0. The minimum absolute atomic E-state index is 0.0143. The molecule has 8 heteroatoms. The van der Waals surface area contributed by atoms with Crippen LogP contribution in [0.2, 0.25) is 0 Å². The van der Waals surface area contributed by atoms with Crippen molar-refractivity contribution in [1.82, 2.24) is 4.98 Å². The molecule has 0 bridgehead atoms. The highest BCUT2D eigenvalue weighted by atomic mass is 32.1. The van der Waals surface area contributed by atoms with E-state index in [1.165, 1.54) is 23.6 Å². The molecule has 0 unspecified atom stereocenters. The Hall–Kier alpha value is -3.52. The molecule has 0 radical (unpaired) electrons. The van der Waals surface area contributed by atoms with E-state index in [-0.39, 0.29) is 5.69 Å². The summed E-state index contributed by atoms with van der Waals surface area (Å²) in [6.07, 6.45) is 1.51. The van der Waals surface area contributed by atoms with Crippen molar-refractivity contribution in [2.75, 3.05) is 5.43 Å². The first-order valence-corrected chi connectivity index (χ1v) is 8.92. The van der Waals surface area contributed by atoms with Gasteiger partial charge in [-0.05, 0) is 42.8 Å². The summed E-state index contributed by atoms with van der Waals surface area (Å²) in [5, 5.41) is 16.1. The molecule has 0 aliphatic rings. The zero-order chi connectivity index (χ0) is 18.8. The van der Waals surface area contributed by atoms with E-state index in [0.29, 0.717) is 22.2 Å². The van der Waals surface area contributed by atoms with E-state index in [0.717, 1.165) is 15.8 Å². The van der Waals surface area contributed by atoms with Crippen LogP contribution in [0.15, 0.2) is 64.1 Å². The average Bonchev–Trinajstić information content (AvgIpc) is 3.28. The van der Waals surface area contributed by atoms with E-state index >= 15 is 0 Å². The number of aryl methyl sites for hydroxylation is 1. The van der Waals surface area contributed by atoms with E-state index in [1.807, 2.05) is 37.3 Å². The van der Waals surface area contributed by atoms with E-state index in [4.69, 9.17) is 4.42 Å². The quantitative estimate of drug-likeness (QED) is 0.292. The molecule has 1 N–H and O–H groups in total. The standard InChI is InChI=1S/C19H14N4O3S/c1-12-6-8-14(16(10-12)23(24)25)17-9-7-13(26-17)11-20-22-19-21-15-4-2-3-5-18(15)27-19/h2-11H,1H3,(H,21,22)/b20-11-. The number of thiazole rings is 1. The summed E-state index contributed by atoms with van der Waals surface area (Å²) in [4.78, 5) is 15.3. The summed E-state index contributed by atoms with van der Waals surface area (Å²) >= 11 is 1.50. The molecule has 4 aromatic rings. The molecule has 7 nitrogen and oxygen atoms in total. The SMILES string of the molecule is Cc1ccc(-c2ccc(/C=N\Nc3nc4ccccc4s3)o2)c([N+](=O)[O-])c1. The number of para-hydroxylation sites is 1. The van der Waals surface area contributed by atoms with Crippen LogP contribution in [0.5, 0.6) is 0 Å². The first-order chi connectivity index (χ1) is 13.1. The lowest BCUT2D eigenvalue weighted by atomic mass is 10.1. The number of fused-ring (bicyclic) bond motifs is 1. The monoisotopic (exact) mass is 378 g/mol. The Kier molecular flexibility index (Phi) is 4.39. The van der Waals surface area contributed by atoms with Crippen LogP contribution in [0.1, 0.15) is 11.3 Å². The van der Waals surface area contributed by atoms with Gasteiger partial charge in [-0.1, -0.05) is 29.5 Å². The van der Waals surface area contributed by atoms with Gasteiger partial charge < -0.3 is 4.42 Å². The largest absolute Gasteiger partial charge is 0.455 e. The van der Waals surface area contributed by atoms with Gasteiger partial charge in [0.05, 0.1) is 26.9 Å². The molecule has 2 heterocycles. The average molecular weight is 378 g/mol. The number of hydrogen-bond acceptors (Lipinski definition) is 7. The molecular weight excluding hydrogens is 364 g/mol. The number of nitro groups is 1. The number of hydrazone groups is 1. The Bertz CT molecular complexity index is 1130. The van der Waals surface area contributed by atoms with Crippen LogP contribution in [-0.4, -0.2) is 16.1 Å². The molecule has 0 saturated heterocycles. The lowest BCUT2D eigenvalue weighted by molar-refractivity contribution is -0.384. The molecule has 4 rings (SSSR count). The maximum Gasteiger partial charge on any atom is 0.280 e. The van der Waals surface area contributed by atoms with Crippen molar-refractivity contribution >= 4 is 38.6 Å². The van der Waals surface area contributed by atoms with Gasteiger partial charge in [-0.3, -0.25) is 15.5 Å². The van der Waals surface area contributed by atoms with Crippen LogP contribution in [0, 0.1) is 17.0 Å². The number of benzene rings is 2. The Balaban J connectivity index is 1.53. The first-order valence-electron chi connectivity index (χ1n) is 8.10. The Morgan fingerprint density at radius 1 is 1.22 bits per heavy atom. The van der Waals surface area contributed by atoms with Crippen molar-refractivity contribution < 1.29 is 9.34 Å². The molecule has 0 aliphatic carbocycles. The number of nitro benzene ring substituents is 1. The van der Waals surface area contributed by atoms with Gasteiger partial charge in [0, 0.05) is 6.07 Å². The summed E-state index contributed by atoms with van der Waals surface area (Å²) < 4.78 is 6.76. The third-order valence-electron chi connectivity index (χ3n) is 3.89. The number of hydrogen-bond donors (Lipinski definition) is 1. The summed E-state index contributed by atoms with van der Waals surface area (Å²) in [6.45, 7) is 1.81. The van der Waals surface area contributed by atoms with Gasteiger partial charge in [-0.15, -0.1) is 0 Å². The minimum Gasteiger partial charge on any atom is -0.455 e. The van der Waals surface area contributed by atoms with Crippen molar-refractivity contribution in [2.45, 2.75) is 6.92 Å². The molecule has 0 fully saturated rings. The maximum absolute atomic E-state index is 11.3. The predicted molar refractivity (Wildman–Crippen MR) is 106 cm³/mol. The summed E-state index contributed by atoms with van der Waals surface area (Å²) in [5.41, 5.74) is 5.05. The molecule has 27 heavy (non-hydrogen) atoms. The first kappa shape index (κ1) is 16.9. The van der Waals surface area contributed by atoms with Crippen LogP contribution in [0.4, 0.5) is 10.8 Å². The number of rotatable bonds is 5. The smallest absolute Gasteiger partial charge is 0.280 e. The van der Waals surface area contributed by atoms with Crippen molar-refractivity contribution in [3.63, 3.8) is 0 Å². The van der Waals surface area contributed by atoms with Gasteiger partial charge >= 0.3 is 0 Å². The normalized spacial score (nSPS) is 11.3. The summed E-state index contributed by atoms with van der Waals surface area (Å²) in [5.74, 6) is 0.900. The van der Waals surface area contributed by atoms with E-state index in [1.54, 1.807) is 18.2 Å². The van der Waals surface area contributed by atoms with Gasteiger partial charge in [-0.25, -0.2) is 4.98 Å². The van der Waals surface area contributed by atoms with E-state index in [2.05, 4.69) is 15.5 Å². The zero-order valence-electron chi connectivity index (χ0n) is 14.2. The molecule has 0 aliphatic heterocycles. The second-order valence-electron chi connectivity index (χ2n) is 5.84. The third kappa shape index (κ3) is 3.56. The second kappa shape index (κ2) is 7.00. The fourth-order valence-electron chi connectivity index (χ4n) is 2.64. The minimum atomic E-state index is -0.409. The fraction of sp³-hybridized carbons (Fsp3) is 0.0526. The number of anilines is 1. The number of nitrogens with one attached hydrogen (secondary N) is 1. The lowest BCUT2D eigenvalue weighted by Gasteiger charge is -2.00. The van der Waals surface area contributed by atoms with E-state index in [9.17, 15) is 10.1 Å². The van der Waals surface area contributed by atoms with Crippen molar-refractivity contribution in [3.05, 3.63) is 76.0 Å². The molecule has 2 aromatic heterocycles. The van der Waals surface area contributed by atoms with Gasteiger partial charge in [0.2, 0.25) is 5.13 Å². The number of furan rings is 1. The van der Waals surface area contributed by atoms with Crippen LogP contribution >= 0.6 is 11.3 Å². The predicted octanol–water partition coefficient (Wildman–Crippen LogP) is 5.22. The van der Waals surface area contributed by atoms with Crippen LogP contribution in [0.3, 0.4) is 0 Å². The third-order valence-corrected chi connectivity index (χ3v) is 4.83. The lowest BCUT2D eigenvalue weighted by Crippen LogP contribution is -1.92. The molecule has 2 aromatic carbocycles. The molecule has 0 saturated carbocycles. The van der Waals surface area contributed by atoms with Crippen molar-refractivity contribution in [3.8, 4) is 11.3 Å². The van der Waals surface area contributed by atoms with Crippen LogP contribution in [0.25, 0.3) is 21.5 Å². The second-order valence-corrected chi connectivity index (χ2v) is 6.87. The van der Waals surface area contributed by atoms with Crippen LogP contribution in [-0.2, 0) is 0 Å². The molecule has 0 amide bonds. The molecular formula is C19H14N4O3S. The molecule has 134 valence electrons. The zero-order valence-corrected chi connectivity index (χ0v) is 15.1. The van der Waals surface area contributed by atoms with E-state index < -0.39 is 4.92 Å². The maximum atomic E-state index is 11.3. The number of aromatic nitrogens is 1. The summed E-state index contributed by atoms with van der Waals surface area (Å²) in [6, 6.07) is 16.3. The fourth-order valence-corrected chi connectivity index (χ4v) is 3.45. The van der Waals surface area contributed by atoms with Gasteiger partial charge in [0.15, 0.2) is 0 Å². The highest BCUT2D eigenvalue weighted by Crippen LogP contribution is 2.31. The topological polar surface area (TPSA) is 93.6 Å². The molecule has 0 spiro atoms. The highest BCUT2D eigenvalue weighted by molar-refractivity contribution is 7.22. The van der Waals surface area contributed by atoms with Crippen LogP contribution < -0.4 is 5.43 Å². The van der Waals surface area contributed by atoms with Gasteiger partial charge in [-0.2, -0.15) is 5.10 Å². The highest BCUT2D eigenvalue weighted by Gasteiger charge is 2.18. The Morgan fingerprint density at radius 3 is 2.89 bits per heavy atom. The molecule has 0 atom stereocenters. The Morgan fingerprint density at radius 2 is 2.07 bits per heavy atom.